The summed E-state index contributed by atoms with van der Waals surface area (Å²) in [6.07, 6.45) is 1.55. The minimum absolute atomic E-state index is 0.227. The van der Waals surface area contributed by atoms with Crippen LogP contribution < -0.4 is 4.74 Å². The van der Waals surface area contributed by atoms with Gasteiger partial charge in [-0.15, -0.1) is 0 Å². The summed E-state index contributed by atoms with van der Waals surface area (Å²) in [5, 5.41) is 9.86. The normalized spacial score (nSPS) is 10.8. The number of rotatable bonds is 5. The lowest BCUT2D eigenvalue weighted by atomic mass is 10.1. The van der Waals surface area contributed by atoms with Gasteiger partial charge >= 0.3 is 5.97 Å². The molecule has 1 aromatic heterocycles. The van der Waals surface area contributed by atoms with Crippen molar-refractivity contribution in [1.82, 2.24) is 0 Å². The van der Waals surface area contributed by atoms with Crippen LogP contribution in [0.1, 0.15) is 21.7 Å². The molecule has 3 aromatic rings. The standard InChI is InChI=1S/C18H16O4/c1-21-16-10-9-14(18(19)20)15-11-13(22-17(15)16)8-7-12-5-3-2-4-6-12/h2-6,9-11H,7-8H2,1H3,(H,19,20). The van der Waals surface area contributed by atoms with E-state index >= 15 is 0 Å². The van der Waals surface area contributed by atoms with E-state index in [2.05, 4.69) is 12.1 Å². The van der Waals surface area contributed by atoms with Crippen LogP contribution in [0, 0.1) is 0 Å². The van der Waals surface area contributed by atoms with Gasteiger partial charge in [-0.05, 0) is 30.2 Å². The number of ether oxygens (including phenoxy) is 1. The van der Waals surface area contributed by atoms with Gasteiger partial charge in [-0.2, -0.15) is 0 Å². The van der Waals surface area contributed by atoms with Gasteiger partial charge in [-0.1, -0.05) is 30.3 Å². The Hall–Kier alpha value is -2.75. The minimum Gasteiger partial charge on any atom is -0.493 e. The average Bonchev–Trinajstić information content (AvgIpc) is 2.96. The summed E-state index contributed by atoms with van der Waals surface area (Å²) < 4.78 is 11.1. The second-order valence-corrected chi connectivity index (χ2v) is 5.06. The first-order valence-electron chi connectivity index (χ1n) is 7.05. The number of aryl methyl sites for hydroxylation is 2. The number of fused-ring (bicyclic) bond motifs is 1. The van der Waals surface area contributed by atoms with Gasteiger partial charge in [0.25, 0.3) is 0 Å². The van der Waals surface area contributed by atoms with Crippen molar-refractivity contribution in [3.63, 3.8) is 0 Å². The molecule has 112 valence electrons. The fourth-order valence-electron chi connectivity index (χ4n) is 2.53. The number of carbonyl (C=O) groups is 1. The van der Waals surface area contributed by atoms with Crippen LogP contribution in [0.25, 0.3) is 11.0 Å². The van der Waals surface area contributed by atoms with E-state index in [0.717, 1.165) is 12.2 Å². The average molecular weight is 296 g/mol. The number of hydrogen-bond donors (Lipinski definition) is 1. The number of aromatic carboxylic acids is 1. The third kappa shape index (κ3) is 2.68. The largest absolute Gasteiger partial charge is 0.493 e. The Morgan fingerprint density at radius 2 is 1.91 bits per heavy atom. The van der Waals surface area contributed by atoms with Crippen LogP contribution in [0.15, 0.2) is 52.9 Å². The maximum atomic E-state index is 11.3. The van der Waals surface area contributed by atoms with Crippen LogP contribution >= 0.6 is 0 Å². The molecule has 0 saturated carbocycles. The fraction of sp³-hybridized carbons (Fsp3) is 0.167. The lowest BCUT2D eigenvalue weighted by molar-refractivity contribution is 0.0699. The molecule has 0 aliphatic carbocycles. The predicted molar refractivity (Wildman–Crippen MR) is 83.6 cm³/mol. The van der Waals surface area contributed by atoms with Crippen molar-refractivity contribution in [3.8, 4) is 5.75 Å². The van der Waals surface area contributed by atoms with Crippen LogP contribution in [0.5, 0.6) is 5.75 Å². The minimum atomic E-state index is -0.969. The van der Waals surface area contributed by atoms with Crippen molar-refractivity contribution < 1.29 is 19.1 Å². The zero-order valence-electron chi connectivity index (χ0n) is 12.2. The number of carboxylic acids is 1. The Morgan fingerprint density at radius 3 is 2.59 bits per heavy atom. The Labute approximate surface area is 127 Å². The Balaban J connectivity index is 1.94. The Kier molecular flexibility index (Phi) is 3.83. The van der Waals surface area contributed by atoms with E-state index in [0.29, 0.717) is 23.1 Å². The molecule has 3 rings (SSSR count). The van der Waals surface area contributed by atoms with Crippen molar-refractivity contribution in [3.05, 3.63) is 65.4 Å². The lowest BCUT2D eigenvalue weighted by Crippen LogP contribution is -1.97. The number of methoxy groups -OCH3 is 1. The second-order valence-electron chi connectivity index (χ2n) is 5.06. The highest BCUT2D eigenvalue weighted by molar-refractivity contribution is 6.04. The summed E-state index contributed by atoms with van der Waals surface area (Å²) in [6, 6.07) is 15.1. The number of hydrogen-bond acceptors (Lipinski definition) is 3. The van der Waals surface area contributed by atoms with Gasteiger partial charge < -0.3 is 14.3 Å². The maximum absolute atomic E-state index is 11.3. The van der Waals surface area contributed by atoms with Crippen LogP contribution in [-0.2, 0) is 12.8 Å². The highest BCUT2D eigenvalue weighted by atomic mass is 16.5. The van der Waals surface area contributed by atoms with Crippen LogP contribution in [0.4, 0.5) is 0 Å². The van der Waals surface area contributed by atoms with Crippen molar-refractivity contribution >= 4 is 16.9 Å². The van der Waals surface area contributed by atoms with E-state index in [-0.39, 0.29) is 5.56 Å². The van der Waals surface area contributed by atoms with E-state index in [9.17, 15) is 9.90 Å². The van der Waals surface area contributed by atoms with Crippen LogP contribution in [0.3, 0.4) is 0 Å². The third-order valence-electron chi connectivity index (χ3n) is 3.65. The molecule has 0 fully saturated rings. The van der Waals surface area contributed by atoms with E-state index in [1.807, 2.05) is 18.2 Å². The zero-order chi connectivity index (χ0) is 15.5. The number of carboxylic acid groups (broad SMARTS) is 1. The predicted octanol–water partition coefficient (Wildman–Crippen LogP) is 3.92. The highest BCUT2D eigenvalue weighted by Crippen LogP contribution is 2.32. The molecule has 1 N–H and O–H groups in total. The maximum Gasteiger partial charge on any atom is 0.336 e. The summed E-state index contributed by atoms with van der Waals surface area (Å²) >= 11 is 0. The highest BCUT2D eigenvalue weighted by Gasteiger charge is 2.16. The Morgan fingerprint density at radius 1 is 1.14 bits per heavy atom. The van der Waals surface area contributed by atoms with Crippen molar-refractivity contribution in [1.29, 1.82) is 0 Å². The van der Waals surface area contributed by atoms with Gasteiger partial charge in [0.05, 0.1) is 12.7 Å². The van der Waals surface area contributed by atoms with Crippen molar-refractivity contribution in [2.45, 2.75) is 12.8 Å². The summed E-state index contributed by atoms with van der Waals surface area (Å²) in [5.74, 6) is 0.333. The first-order valence-corrected chi connectivity index (χ1v) is 7.05. The second kappa shape index (κ2) is 5.93. The van der Waals surface area contributed by atoms with Gasteiger partial charge in [0.2, 0.25) is 0 Å². The molecule has 0 radical (unpaired) electrons. The first kappa shape index (κ1) is 14.2. The van der Waals surface area contributed by atoms with Gasteiger partial charge in [0, 0.05) is 11.8 Å². The molecule has 4 heteroatoms. The zero-order valence-corrected chi connectivity index (χ0v) is 12.2. The first-order chi connectivity index (χ1) is 10.7. The Bertz CT molecular complexity index is 803. The molecule has 0 bridgehead atoms. The molecule has 22 heavy (non-hydrogen) atoms. The SMILES string of the molecule is COc1ccc(C(=O)O)c2cc(CCc3ccccc3)oc12. The molecule has 2 aromatic carbocycles. The number of benzene rings is 2. The molecule has 0 atom stereocenters. The molecule has 4 nitrogen and oxygen atoms in total. The third-order valence-corrected chi connectivity index (χ3v) is 3.65. The van der Waals surface area contributed by atoms with Gasteiger partial charge in [-0.3, -0.25) is 0 Å². The number of furan rings is 1. The molecule has 0 unspecified atom stereocenters. The van der Waals surface area contributed by atoms with Crippen LogP contribution in [0.2, 0.25) is 0 Å². The van der Waals surface area contributed by atoms with Gasteiger partial charge in [0.1, 0.15) is 5.76 Å². The smallest absolute Gasteiger partial charge is 0.336 e. The van der Waals surface area contributed by atoms with Crippen LogP contribution in [-0.4, -0.2) is 18.2 Å². The monoisotopic (exact) mass is 296 g/mol. The van der Waals surface area contributed by atoms with Gasteiger partial charge in [0.15, 0.2) is 11.3 Å². The van der Waals surface area contributed by atoms with E-state index in [1.54, 1.807) is 25.3 Å². The molecular formula is C18H16O4. The summed E-state index contributed by atoms with van der Waals surface area (Å²) in [6.45, 7) is 0. The summed E-state index contributed by atoms with van der Waals surface area (Å²) in [4.78, 5) is 11.3. The molecule has 0 spiro atoms. The molecule has 0 aliphatic rings. The van der Waals surface area contributed by atoms with Gasteiger partial charge in [-0.25, -0.2) is 4.79 Å². The molecule has 1 heterocycles. The molecule has 0 aliphatic heterocycles. The van der Waals surface area contributed by atoms with Crippen molar-refractivity contribution in [2.75, 3.05) is 7.11 Å². The molecule has 0 saturated heterocycles. The van der Waals surface area contributed by atoms with E-state index < -0.39 is 5.97 Å². The van der Waals surface area contributed by atoms with E-state index in [1.165, 1.54) is 5.56 Å². The topological polar surface area (TPSA) is 59.7 Å². The fourth-order valence-corrected chi connectivity index (χ4v) is 2.53. The van der Waals surface area contributed by atoms with E-state index in [4.69, 9.17) is 9.15 Å². The summed E-state index contributed by atoms with van der Waals surface area (Å²) in [5.41, 5.74) is 1.93. The van der Waals surface area contributed by atoms with Crippen molar-refractivity contribution in [2.24, 2.45) is 0 Å². The molecule has 0 amide bonds. The quantitative estimate of drug-likeness (QED) is 0.775. The lowest BCUT2D eigenvalue weighted by Gasteiger charge is -2.02. The molecular weight excluding hydrogens is 280 g/mol. The summed E-state index contributed by atoms with van der Waals surface area (Å²) in [7, 11) is 1.54.